The van der Waals surface area contributed by atoms with Crippen LogP contribution in [0, 0.1) is 5.92 Å². The third kappa shape index (κ3) is 4.06. The Labute approximate surface area is 89.6 Å². The monoisotopic (exact) mass is 254 g/mol. The maximum Gasteiger partial charge on any atom is -1.00 e. The van der Waals surface area contributed by atoms with Crippen LogP contribution in [0.15, 0.2) is 12.2 Å². The second-order valence-corrected chi connectivity index (χ2v) is 3.76. The van der Waals surface area contributed by atoms with Crippen molar-refractivity contribution in [1.82, 2.24) is 0 Å². The SMILES string of the molecule is CC1CCC=C[C]1=[Zr+2].[Cl-].[Cl-]. The molecule has 0 saturated carbocycles. The molecule has 56 valence electrons. The summed E-state index contributed by atoms with van der Waals surface area (Å²) in [7, 11) is 0. The Hall–Kier alpha value is 1.07. The average Bonchev–Trinajstić information content (AvgIpc) is 1.77. The zero-order valence-electron chi connectivity index (χ0n) is 5.90. The van der Waals surface area contributed by atoms with Crippen molar-refractivity contribution in [1.29, 1.82) is 0 Å². The number of hydrogen-bond donors (Lipinski definition) is 0. The molecule has 1 aliphatic rings. The third-order valence-electron chi connectivity index (χ3n) is 1.59. The van der Waals surface area contributed by atoms with Gasteiger partial charge in [-0.15, -0.1) is 0 Å². The molecule has 0 aliphatic heterocycles. The molecule has 1 unspecified atom stereocenters. The predicted octanol–water partition coefficient (Wildman–Crippen LogP) is -4.30. The Morgan fingerprint density at radius 3 is 2.40 bits per heavy atom. The quantitative estimate of drug-likeness (QED) is 0.411. The molecule has 10 heavy (non-hydrogen) atoms. The minimum absolute atomic E-state index is 0. The molecule has 0 aromatic rings. The van der Waals surface area contributed by atoms with Gasteiger partial charge in [-0.25, -0.2) is 0 Å². The van der Waals surface area contributed by atoms with Crippen LogP contribution < -0.4 is 24.8 Å². The molecular formula is C7H10Cl2Zr. The van der Waals surface area contributed by atoms with Crippen molar-refractivity contribution in [2.75, 3.05) is 0 Å². The van der Waals surface area contributed by atoms with Crippen molar-refractivity contribution in [2.24, 2.45) is 5.92 Å². The maximum absolute atomic E-state index is 2.31. The van der Waals surface area contributed by atoms with Crippen molar-refractivity contribution in [3.8, 4) is 0 Å². The number of allylic oxidation sites excluding steroid dienone is 2. The second-order valence-electron chi connectivity index (χ2n) is 2.34. The Kier molecular flexibility index (Phi) is 9.23. The average molecular weight is 256 g/mol. The van der Waals surface area contributed by atoms with Gasteiger partial charge in [0.15, 0.2) is 0 Å². The van der Waals surface area contributed by atoms with Gasteiger partial charge in [0.25, 0.3) is 0 Å². The molecule has 1 atom stereocenters. The molecule has 0 nitrogen and oxygen atoms in total. The van der Waals surface area contributed by atoms with Crippen LogP contribution >= 0.6 is 0 Å². The van der Waals surface area contributed by atoms with Crippen molar-refractivity contribution in [3.63, 3.8) is 0 Å². The fourth-order valence-electron chi connectivity index (χ4n) is 0.876. The number of rotatable bonds is 0. The second kappa shape index (κ2) is 6.76. The van der Waals surface area contributed by atoms with Gasteiger partial charge in [0, 0.05) is 0 Å². The Bertz CT molecular complexity index is 132. The number of hydrogen-bond acceptors (Lipinski definition) is 0. The van der Waals surface area contributed by atoms with E-state index in [2.05, 4.69) is 19.1 Å². The van der Waals surface area contributed by atoms with Crippen LogP contribution in [0.1, 0.15) is 19.8 Å². The first-order chi connectivity index (χ1) is 3.80. The van der Waals surface area contributed by atoms with E-state index >= 15 is 0 Å². The van der Waals surface area contributed by atoms with Crippen LogP contribution in [0.4, 0.5) is 0 Å². The zero-order valence-corrected chi connectivity index (χ0v) is 9.87. The Balaban J connectivity index is 0. The number of halogens is 2. The summed E-state index contributed by atoms with van der Waals surface area (Å²) in [6, 6.07) is 0. The fourth-order valence-corrected chi connectivity index (χ4v) is 1.52. The molecule has 0 bridgehead atoms. The molecule has 0 spiro atoms. The normalized spacial score (nSPS) is 23.1. The van der Waals surface area contributed by atoms with E-state index in [9.17, 15) is 0 Å². The van der Waals surface area contributed by atoms with E-state index in [1.54, 1.807) is 27.4 Å². The van der Waals surface area contributed by atoms with Crippen LogP contribution in [0.25, 0.3) is 0 Å². The molecule has 0 fully saturated rings. The molecular weight excluding hydrogens is 246 g/mol. The van der Waals surface area contributed by atoms with Crippen molar-refractivity contribution < 1.29 is 49.0 Å². The first-order valence-corrected chi connectivity index (χ1v) is 4.28. The van der Waals surface area contributed by atoms with Crippen molar-refractivity contribution >= 4 is 3.21 Å². The summed E-state index contributed by atoms with van der Waals surface area (Å²) in [5.74, 6) is 0.873. The van der Waals surface area contributed by atoms with Crippen LogP contribution in [0.3, 0.4) is 0 Å². The van der Waals surface area contributed by atoms with E-state index in [0.717, 1.165) is 5.92 Å². The smallest absolute Gasteiger partial charge is 1.00 e. The molecule has 1 aliphatic carbocycles. The minimum atomic E-state index is 0. The summed E-state index contributed by atoms with van der Waals surface area (Å²) in [5, 5.41) is 0. The molecule has 0 N–H and O–H groups in total. The molecule has 0 aromatic carbocycles. The van der Waals surface area contributed by atoms with Crippen LogP contribution in [-0.2, 0) is 24.2 Å². The van der Waals surface area contributed by atoms with Crippen molar-refractivity contribution in [3.05, 3.63) is 12.2 Å². The van der Waals surface area contributed by atoms with E-state index in [0.29, 0.717) is 0 Å². The van der Waals surface area contributed by atoms with E-state index < -0.39 is 0 Å². The summed E-state index contributed by atoms with van der Waals surface area (Å²) in [4.78, 5) is 0. The van der Waals surface area contributed by atoms with Gasteiger partial charge in [-0.05, 0) is 0 Å². The zero-order chi connectivity index (χ0) is 5.98. The van der Waals surface area contributed by atoms with Crippen LogP contribution in [0.5, 0.6) is 0 Å². The fraction of sp³-hybridized carbons (Fsp3) is 0.571. The van der Waals surface area contributed by atoms with E-state index in [4.69, 9.17) is 0 Å². The topological polar surface area (TPSA) is 0 Å². The Morgan fingerprint density at radius 2 is 2.10 bits per heavy atom. The minimum Gasteiger partial charge on any atom is -1.00 e. The van der Waals surface area contributed by atoms with E-state index in [-0.39, 0.29) is 24.8 Å². The summed E-state index contributed by atoms with van der Waals surface area (Å²) < 4.78 is 1.63. The van der Waals surface area contributed by atoms with Crippen LogP contribution in [0.2, 0.25) is 0 Å². The summed E-state index contributed by atoms with van der Waals surface area (Å²) >= 11 is 1.60. The van der Waals surface area contributed by atoms with Crippen LogP contribution in [-0.4, -0.2) is 3.21 Å². The summed E-state index contributed by atoms with van der Waals surface area (Å²) in [6.45, 7) is 2.31. The molecule has 0 amide bonds. The molecule has 0 saturated heterocycles. The van der Waals surface area contributed by atoms with Gasteiger partial charge in [-0.2, -0.15) is 0 Å². The van der Waals surface area contributed by atoms with Gasteiger partial charge in [0.1, 0.15) is 0 Å². The van der Waals surface area contributed by atoms with Gasteiger partial charge >= 0.3 is 65.3 Å². The van der Waals surface area contributed by atoms with Gasteiger partial charge < -0.3 is 24.8 Å². The van der Waals surface area contributed by atoms with Gasteiger partial charge in [-0.1, -0.05) is 0 Å². The summed E-state index contributed by atoms with van der Waals surface area (Å²) in [5.41, 5.74) is 0. The third-order valence-corrected chi connectivity index (χ3v) is 3.22. The Morgan fingerprint density at radius 1 is 1.50 bits per heavy atom. The standard InChI is InChI=1S/C7H10.2ClH.Zr/c1-7-5-3-2-4-6-7;;;/h2-3,7H,4,6H2,1H3;2*1H;/q;;;+2/p-2. The van der Waals surface area contributed by atoms with Gasteiger partial charge in [0.2, 0.25) is 0 Å². The van der Waals surface area contributed by atoms with Gasteiger partial charge in [0.05, 0.1) is 0 Å². The molecule has 1 rings (SSSR count). The maximum atomic E-state index is 2.31. The largest absolute Gasteiger partial charge is 1.00 e. The van der Waals surface area contributed by atoms with E-state index in [1.165, 1.54) is 12.8 Å². The van der Waals surface area contributed by atoms with Gasteiger partial charge in [-0.3, -0.25) is 0 Å². The first kappa shape index (κ1) is 13.6. The van der Waals surface area contributed by atoms with Crippen molar-refractivity contribution in [2.45, 2.75) is 19.8 Å². The molecule has 0 heterocycles. The predicted molar refractivity (Wildman–Crippen MR) is 32.5 cm³/mol. The first-order valence-electron chi connectivity index (χ1n) is 3.05. The van der Waals surface area contributed by atoms with E-state index in [1.807, 2.05) is 0 Å². The molecule has 0 aromatic heterocycles. The summed E-state index contributed by atoms with van der Waals surface area (Å²) in [6.07, 6.45) is 7.23. The molecule has 0 radical (unpaired) electrons. The molecule has 3 heteroatoms.